The van der Waals surface area contributed by atoms with Crippen LogP contribution in [0.15, 0.2) is 18.2 Å². The highest BCUT2D eigenvalue weighted by molar-refractivity contribution is 5.39. The maximum Gasteiger partial charge on any atom is 0.122 e. The summed E-state index contributed by atoms with van der Waals surface area (Å²) in [5, 5.41) is 0. The van der Waals surface area contributed by atoms with Gasteiger partial charge in [0.25, 0.3) is 0 Å². The molecule has 0 radical (unpaired) electrons. The van der Waals surface area contributed by atoms with Crippen LogP contribution in [0.3, 0.4) is 0 Å². The SMILES string of the molecule is CN(C)CCC(N)CCc1ccc2c(c1)CCO2. The molecule has 0 aliphatic carbocycles. The molecular weight excluding hydrogens is 224 g/mol. The first-order valence-electron chi connectivity index (χ1n) is 6.80. The molecule has 0 saturated heterocycles. The lowest BCUT2D eigenvalue weighted by molar-refractivity contribution is 0.357. The third-order valence-electron chi connectivity index (χ3n) is 3.50. The summed E-state index contributed by atoms with van der Waals surface area (Å²) in [6, 6.07) is 6.85. The summed E-state index contributed by atoms with van der Waals surface area (Å²) in [5.41, 5.74) is 8.88. The Morgan fingerprint density at radius 3 is 2.94 bits per heavy atom. The zero-order chi connectivity index (χ0) is 13.0. The van der Waals surface area contributed by atoms with E-state index in [1.165, 1.54) is 11.1 Å². The highest BCUT2D eigenvalue weighted by atomic mass is 16.5. The van der Waals surface area contributed by atoms with Gasteiger partial charge in [-0.3, -0.25) is 0 Å². The zero-order valence-corrected chi connectivity index (χ0v) is 11.5. The van der Waals surface area contributed by atoms with Gasteiger partial charge in [-0.1, -0.05) is 12.1 Å². The van der Waals surface area contributed by atoms with E-state index in [2.05, 4.69) is 37.2 Å². The molecule has 2 rings (SSSR count). The maximum atomic E-state index is 6.13. The highest BCUT2D eigenvalue weighted by Gasteiger charge is 2.12. The average molecular weight is 248 g/mol. The van der Waals surface area contributed by atoms with E-state index in [-0.39, 0.29) is 0 Å². The van der Waals surface area contributed by atoms with E-state index in [0.717, 1.165) is 44.6 Å². The number of aryl methyl sites for hydroxylation is 1. The Morgan fingerprint density at radius 2 is 2.17 bits per heavy atom. The monoisotopic (exact) mass is 248 g/mol. The van der Waals surface area contributed by atoms with E-state index in [9.17, 15) is 0 Å². The van der Waals surface area contributed by atoms with Gasteiger partial charge in [-0.2, -0.15) is 0 Å². The fraction of sp³-hybridized carbons (Fsp3) is 0.600. The number of fused-ring (bicyclic) bond motifs is 1. The molecule has 100 valence electrons. The van der Waals surface area contributed by atoms with Crippen molar-refractivity contribution in [2.24, 2.45) is 5.73 Å². The lowest BCUT2D eigenvalue weighted by atomic mass is 10.0. The van der Waals surface area contributed by atoms with Crippen molar-refractivity contribution in [3.05, 3.63) is 29.3 Å². The van der Waals surface area contributed by atoms with Gasteiger partial charge in [0.2, 0.25) is 0 Å². The molecule has 3 nitrogen and oxygen atoms in total. The molecule has 0 bridgehead atoms. The van der Waals surface area contributed by atoms with Gasteiger partial charge in [-0.25, -0.2) is 0 Å². The van der Waals surface area contributed by atoms with Crippen molar-refractivity contribution in [1.82, 2.24) is 4.90 Å². The molecule has 0 saturated carbocycles. The molecule has 0 fully saturated rings. The fourth-order valence-corrected chi connectivity index (χ4v) is 2.32. The second-order valence-electron chi connectivity index (χ2n) is 5.43. The minimum Gasteiger partial charge on any atom is -0.493 e. The van der Waals surface area contributed by atoms with Crippen LogP contribution >= 0.6 is 0 Å². The van der Waals surface area contributed by atoms with Crippen LogP contribution in [0.5, 0.6) is 5.75 Å². The van der Waals surface area contributed by atoms with E-state index in [1.54, 1.807) is 0 Å². The molecule has 1 aromatic rings. The molecule has 2 N–H and O–H groups in total. The third kappa shape index (κ3) is 3.72. The average Bonchev–Trinajstić information content (AvgIpc) is 2.81. The minimum absolute atomic E-state index is 0.303. The molecule has 1 heterocycles. The molecule has 1 aromatic carbocycles. The van der Waals surface area contributed by atoms with E-state index in [4.69, 9.17) is 10.5 Å². The molecule has 0 spiro atoms. The molecule has 3 heteroatoms. The lowest BCUT2D eigenvalue weighted by Crippen LogP contribution is -2.26. The van der Waals surface area contributed by atoms with Crippen molar-refractivity contribution in [3.63, 3.8) is 0 Å². The molecule has 1 atom stereocenters. The van der Waals surface area contributed by atoms with Crippen molar-refractivity contribution in [3.8, 4) is 5.75 Å². The number of rotatable bonds is 6. The normalized spacial score (nSPS) is 15.6. The maximum absolute atomic E-state index is 6.13. The van der Waals surface area contributed by atoms with Crippen LogP contribution in [0.25, 0.3) is 0 Å². The van der Waals surface area contributed by atoms with Gasteiger partial charge in [0, 0.05) is 12.5 Å². The van der Waals surface area contributed by atoms with E-state index in [1.807, 2.05) is 0 Å². The zero-order valence-electron chi connectivity index (χ0n) is 11.5. The molecule has 18 heavy (non-hydrogen) atoms. The van der Waals surface area contributed by atoms with Crippen molar-refractivity contribution >= 4 is 0 Å². The summed E-state index contributed by atoms with van der Waals surface area (Å²) in [6.45, 7) is 1.90. The highest BCUT2D eigenvalue weighted by Crippen LogP contribution is 2.26. The Kier molecular flexibility index (Phi) is 4.61. The summed E-state index contributed by atoms with van der Waals surface area (Å²) in [5.74, 6) is 1.07. The summed E-state index contributed by atoms with van der Waals surface area (Å²) >= 11 is 0. The second kappa shape index (κ2) is 6.21. The predicted octanol–water partition coefficient (Wildman–Crippen LogP) is 1.83. The van der Waals surface area contributed by atoms with Crippen LogP contribution in [0.1, 0.15) is 24.0 Å². The van der Waals surface area contributed by atoms with Gasteiger partial charge in [0.15, 0.2) is 0 Å². The van der Waals surface area contributed by atoms with Gasteiger partial charge >= 0.3 is 0 Å². The largest absolute Gasteiger partial charge is 0.493 e. The number of benzene rings is 1. The number of ether oxygens (including phenoxy) is 1. The quantitative estimate of drug-likeness (QED) is 0.835. The molecule has 0 aromatic heterocycles. The van der Waals surface area contributed by atoms with Crippen LogP contribution in [0.4, 0.5) is 0 Å². The first kappa shape index (κ1) is 13.4. The van der Waals surface area contributed by atoms with Gasteiger partial charge in [0.1, 0.15) is 5.75 Å². The first-order chi connectivity index (χ1) is 8.65. The smallest absolute Gasteiger partial charge is 0.122 e. The molecule has 1 unspecified atom stereocenters. The van der Waals surface area contributed by atoms with E-state index >= 15 is 0 Å². The summed E-state index contributed by atoms with van der Waals surface area (Å²) in [6.07, 6.45) is 4.26. The van der Waals surface area contributed by atoms with Gasteiger partial charge in [0.05, 0.1) is 6.61 Å². The van der Waals surface area contributed by atoms with Crippen molar-refractivity contribution in [1.29, 1.82) is 0 Å². The minimum atomic E-state index is 0.303. The summed E-state index contributed by atoms with van der Waals surface area (Å²) in [7, 11) is 4.18. The Balaban J connectivity index is 1.79. The number of nitrogens with two attached hydrogens (primary N) is 1. The molecular formula is C15H24N2O. The van der Waals surface area contributed by atoms with Crippen LogP contribution in [-0.2, 0) is 12.8 Å². The van der Waals surface area contributed by atoms with Gasteiger partial charge < -0.3 is 15.4 Å². The lowest BCUT2D eigenvalue weighted by Gasteiger charge is -2.15. The Labute approximate surface area is 110 Å². The van der Waals surface area contributed by atoms with Gasteiger partial charge in [-0.15, -0.1) is 0 Å². The van der Waals surface area contributed by atoms with Crippen molar-refractivity contribution in [2.75, 3.05) is 27.2 Å². The third-order valence-corrected chi connectivity index (χ3v) is 3.50. The van der Waals surface area contributed by atoms with Crippen molar-refractivity contribution in [2.45, 2.75) is 31.7 Å². The van der Waals surface area contributed by atoms with Crippen LogP contribution in [-0.4, -0.2) is 38.2 Å². The first-order valence-corrected chi connectivity index (χ1v) is 6.80. The van der Waals surface area contributed by atoms with E-state index in [0.29, 0.717) is 6.04 Å². The van der Waals surface area contributed by atoms with Crippen molar-refractivity contribution < 1.29 is 4.74 Å². The predicted molar refractivity (Wildman–Crippen MR) is 75.1 cm³/mol. The number of hydrogen-bond acceptors (Lipinski definition) is 3. The second-order valence-corrected chi connectivity index (χ2v) is 5.43. The standard InChI is InChI=1S/C15H24N2O/c1-17(2)9-7-14(16)5-3-12-4-6-15-13(11-12)8-10-18-15/h4,6,11,14H,3,5,7-10,16H2,1-2H3. The molecule has 0 amide bonds. The van der Waals surface area contributed by atoms with E-state index < -0.39 is 0 Å². The summed E-state index contributed by atoms with van der Waals surface area (Å²) in [4.78, 5) is 2.19. The Hall–Kier alpha value is -1.06. The van der Waals surface area contributed by atoms with Crippen LogP contribution in [0, 0.1) is 0 Å². The topological polar surface area (TPSA) is 38.5 Å². The number of nitrogens with zero attached hydrogens (tertiary/aromatic N) is 1. The van der Waals surface area contributed by atoms with Gasteiger partial charge in [-0.05, 0) is 57.1 Å². The molecule has 1 aliphatic rings. The summed E-state index contributed by atoms with van der Waals surface area (Å²) < 4.78 is 5.51. The number of hydrogen-bond donors (Lipinski definition) is 1. The van der Waals surface area contributed by atoms with Crippen LogP contribution < -0.4 is 10.5 Å². The fourth-order valence-electron chi connectivity index (χ4n) is 2.32. The Morgan fingerprint density at radius 1 is 1.33 bits per heavy atom. The molecule has 1 aliphatic heterocycles. The van der Waals surface area contributed by atoms with Crippen LogP contribution in [0.2, 0.25) is 0 Å². The Bertz CT molecular complexity index is 390.